The topological polar surface area (TPSA) is 61.5 Å². The number of rotatable bonds is 7. The van der Waals surface area contributed by atoms with Gasteiger partial charge in [-0.15, -0.1) is 0 Å². The molecule has 1 amide bonds. The highest BCUT2D eigenvalue weighted by Crippen LogP contribution is 2.39. The lowest BCUT2D eigenvalue weighted by Gasteiger charge is -2.35. The number of carbonyl (C=O) groups excluding carboxylic acids is 1. The van der Waals surface area contributed by atoms with Crippen molar-refractivity contribution in [3.8, 4) is 11.1 Å². The number of aromatic nitrogens is 3. The summed E-state index contributed by atoms with van der Waals surface area (Å²) >= 11 is 9.95. The maximum Gasteiger partial charge on any atom is 0.410 e. The number of hydrogen-bond acceptors (Lipinski definition) is 4. The number of halogens is 3. The Morgan fingerprint density at radius 3 is 2.66 bits per heavy atom. The van der Waals surface area contributed by atoms with Crippen molar-refractivity contribution in [3.63, 3.8) is 0 Å². The second-order valence-corrected chi connectivity index (χ2v) is 19.0. The van der Waals surface area contributed by atoms with Crippen molar-refractivity contribution < 1.29 is 18.7 Å². The standard InChI is InChI=1S/C27H37BrClFN4O3Si/c1-27(2,3)37-26(35)32-9-7-8-18(14-32)34-16-20(19-12-22(28)23(30)13-24(19)34)21-15-33(31-25(21)29)17-36-10-11-38(4,5)6/h12-13,15-16,18H,7-11,14,17H2,1-6H3. The number of nitrogens with zero attached hydrogens (tertiary/aromatic N) is 4. The van der Waals surface area contributed by atoms with Crippen LogP contribution < -0.4 is 0 Å². The average Bonchev–Trinajstić information content (AvgIpc) is 3.35. The number of piperidine rings is 1. The molecule has 4 rings (SSSR count). The van der Waals surface area contributed by atoms with Crippen LogP contribution in [0.25, 0.3) is 22.0 Å². The summed E-state index contributed by atoms with van der Waals surface area (Å²) in [4.78, 5) is 14.5. The Morgan fingerprint density at radius 1 is 1.24 bits per heavy atom. The molecule has 1 unspecified atom stereocenters. The van der Waals surface area contributed by atoms with Crippen LogP contribution in [0.3, 0.4) is 0 Å². The van der Waals surface area contributed by atoms with Crippen LogP contribution in [-0.2, 0) is 16.2 Å². The maximum absolute atomic E-state index is 14.7. The van der Waals surface area contributed by atoms with Gasteiger partial charge in [-0.3, -0.25) is 0 Å². The van der Waals surface area contributed by atoms with E-state index in [1.807, 2.05) is 33.2 Å². The lowest BCUT2D eigenvalue weighted by Crippen LogP contribution is -2.43. The fourth-order valence-corrected chi connectivity index (χ4v) is 5.96. The molecule has 0 radical (unpaired) electrons. The van der Waals surface area contributed by atoms with Crippen LogP contribution in [-0.4, -0.2) is 58.7 Å². The fourth-order valence-electron chi connectivity index (χ4n) is 4.62. The van der Waals surface area contributed by atoms with E-state index in [1.54, 1.807) is 15.6 Å². The van der Waals surface area contributed by atoms with Crippen LogP contribution in [0.15, 0.2) is 29.0 Å². The Balaban J connectivity index is 1.64. The molecule has 0 spiro atoms. The summed E-state index contributed by atoms with van der Waals surface area (Å²) in [7, 11) is -1.18. The Bertz CT molecular complexity index is 1310. The van der Waals surface area contributed by atoms with Gasteiger partial charge in [0.2, 0.25) is 0 Å². The van der Waals surface area contributed by atoms with Crippen molar-refractivity contribution in [1.29, 1.82) is 0 Å². The van der Waals surface area contributed by atoms with Gasteiger partial charge in [0.25, 0.3) is 0 Å². The van der Waals surface area contributed by atoms with Crippen molar-refractivity contribution in [3.05, 3.63) is 40.0 Å². The van der Waals surface area contributed by atoms with Crippen LogP contribution in [0, 0.1) is 5.82 Å². The third kappa shape index (κ3) is 7.00. The van der Waals surface area contributed by atoms with Crippen molar-refractivity contribution >= 4 is 52.6 Å². The first-order valence-electron chi connectivity index (χ1n) is 13.0. The molecule has 7 nitrogen and oxygen atoms in total. The predicted molar refractivity (Wildman–Crippen MR) is 156 cm³/mol. The number of benzene rings is 1. The van der Waals surface area contributed by atoms with Gasteiger partial charge in [-0.2, -0.15) is 5.10 Å². The molecular formula is C27H37BrClFN4O3Si. The Kier molecular flexibility index (Phi) is 8.66. The molecule has 1 fully saturated rings. The molecule has 1 saturated heterocycles. The number of carbonyl (C=O) groups is 1. The minimum absolute atomic E-state index is 0.0354. The van der Waals surface area contributed by atoms with E-state index in [1.165, 1.54) is 6.07 Å². The zero-order valence-corrected chi connectivity index (χ0v) is 26.3. The lowest BCUT2D eigenvalue weighted by molar-refractivity contribution is 0.0174. The lowest BCUT2D eigenvalue weighted by atomic mass is 10.1. The predicted octanol–water partition coefficient (Wildman–Crippen LogP) is 7.94. The van der Waals surface area contributed by atoms with E-state index in [9.17, 15) is 9.18 Å². The quantitative estimate of drug-likeness (QED) is 0.197. The molecule has 208 valence electrons. The summed E-state index contributed by atoms with van der Waals surface area (Å²) in [5.74, 6) is -0.346. The minimum Gasteiger partial charge on any atom is -0.444 e. The highest BCUT2D eigenvalue weighted by Gasteiger charge is 2.30. The maximum atomic E-state index is 14.7. The van der Waals surface area contributed by atoms with E-state index in [2.05, 4.69) is 45.2 Å². The second kappa shape index (κ2) is 11.3. The van der Waals surface area contributed by atoms with E-state index >= 15 is 0 Å². The highest BCUT2D eigenvalue weighted by molar-refractivity contribution is 9.10. The average molecular weight is 628 g/mol. The van der Waals surface area contributed by atoms with Gasteiger partial charge in [-0.1, -0.05) is 31.2 Å². The largest absolute Gasteiger partial charge is 0.444 e. The summed E-state index contributed by atoms with van der Waals surface area (Å²) in [6, 6.07) is 4.35. The van der Waals surface area contributed by atoms with Gasteiger partial charge in [0.1, 0.15) is 18.1 Å². The monoisotopic (exact) mass is 626 g/mol. The molecule has 3 heterocycles. The number of amides is 1. The number of hydrogen-bond donors (Lipinski definition) is 0. The zero-order chi connectivity index (χ0) is 27.8. The molecule has 1 atom stereocenters. The molecule has 0 aliphatic carbocycles. The van der Waals surface area contributed by atoms with Gasteiger partial charge in [0.05, 0.1) is 16.0 Å². The van der Waals surface area contributed by atoms with E-state index in [4.69, 9.17) is 21.1 Å². The Labute approximate surface area is 238 Å². The van der Waals surface area contributed by atoms with Crippen LogP contribution in [0.1, 0.15) is 39.7 Å². The number of likely N-dealkylation sites (tertiary alicyclic amines) is 1. The fraction of sp³-hybridized carbons (Fsp3) is 0.556. The van der Waals surface area contributed by atoms with E-state index in [-0.39, 0.29) is 18.0 Å². The van der Waals surface area contributed by atoms with Gasteiger partial charge in [0, 0.05) is 56.7 Å². The molecule has 0 saturated carbocycles. The van der Waals surface area contributed by atoms with Crippen LogP contribution in [0.4, 0.5) is 9.18 Å². The van der Waals surface area contributed by atoms with Gasteiger partial charge in [0.15, 0.2) is 5.15 Å². The van der Waals surface area contributed by atoms with Gasteiger partial charge >= 0.3 is 6.09 Å². The smallest absolute Gasteiger partial charge is 0.410 e. The van der Waals surface area contributed by atoms with Crippen molar-refractivity contribution in [1.82, 2.24) is 19.2 Å². The summed E-state index contributed by atoms with van der Waals surface area (Å²) in [5, 5.41) is 5.68. The van der Waals surface area contributed by atoms with Gasteiger partial charge < -0.3 is 18.9 Å². The van der Waals surface area contributed by atoms with Gasteiger partial charge in [-0.25, -0.2) is 13.9 Å². The summed E-state index contributed by atoms with van der Waals surface area (Å²) in [5.41, 5.74) is 1.78. The minimum atomic E-state index is -1.18. The second-order valence-electron chi connectivity index (χ2n) is 12.2. The third-order valence-electron chi connectivity index (χ3n) is 6.54. The third-order valence-corrected chi connectivity index (χ3v) is 9.13. The van der Waals surface area contributed by atoms with Crippen molar-refractivity contribution in [2.24, 2.45) is 0 Å². The highest BCUT2D eigenvalue weighted by atomic mass is 79.9. The van der Waals surface area contributed by atoms with Crippen LogP contribution in [0.2, 0.25) is 30.8 Å². The molecular weight excluding hydrogens is 591 g/mol. The molecule has 1 aliphatic rings. The SMILES string of the molecule is CC(C)(C)OC(=O)N1CCCC(n2cc(-c3cn(COCC[Si](C)(C)C)nc3Cl)c3cc(Br)c(F)cc32)C1. The Hall–Kier alpha value is -1.88. The summed E-state index contributed by atoms with van der Waals surface area (Å²) in [6.45, 7) is 14.6. The van der Waals surface area contributed by atoms with E-state index in [0.717, 1.165) is 40.9 Å². The molecule has 0 N–H and O–H groups in total. The molecule has 1 aromatic carbocycles. The molecule has 1 aliphatic heterocycles. The van der Waals surface area contributed by atoms with Crippen molar-refractivity contribution in [2.45, 2.75) is 77.7 Å². The molecule has 2 aromatic heterocycles. The summed E-state index contributed by atoms with van der Waals surface area (Å²) in [6.07, 6.45) is 5.23. The van der Waals surface area contributed by atoms with Crippen LogP contribution in [0.5, 0.6) is 0 Å². The summed E-state index contributed by atoms with van der Waals surface area (Å²) < 4.78 is 30.3. The molecule has 38 heavy (non-hydrogen) atoms. The first kappa shape index (κ1) is 29.1. The first-order chi connectivity index (χ1) is 17.7. The number of ether oxygens (including phenoxy) is 2. The van der Waals surface area contributed by atoms with Gasteiger partial charge in [-0.05, 0) is 67.7 Å². The first-order valence-corrected chi connectivity index (χ1v) is 17.9. The van der Waals surface area contributed by atoms with E-state index in [0.29, 0.717) is 36.1 Å². The Morgan fingerprint density at radius 2 is 1.97 bits per heavy atom. The molecule has 0 bridgehead atoms. The van der Waals surface area contributed by atoms with E-state index < -0.39 is 13.7 Å². The molecule has 11 heteroatoms. The molecule has 3 aromatic rings. The zero-order valence-electron chi connectivity index (χ0n) is 23.0. The van der Waals surface area contributed by atoms with Crippen LogP contribution >= 0.6 is 27.5 Å². The number of fused-ring (bicyclic) bond motifs is 1. The normalized spacial score (nSPS) is 16.9. The van der Waals surface area contributed by atoms with Crippen molar-refractivity contribution in [2.75, 3.05) is 19.7 Å².